The number of nitriles is 1. The summed E-state index contributed by atoms with van der Waals surface area (Å²) in [7, 11) is 0. The second-order valence-corrected chi connectivity index (χ2v) is 9.21. The Balaban J connectivity index is 1.54. The summed E-state index contributed by atoms with van der Waals surface area (Å²) in [5, 5.41) is 27.8. The highest BCUT2D eigenvalue weighted by Gasteiger charge is 2.30. The highest BCUT2D eigenvalue weighted by molar-refractivity contribution is 7.14. The number of hydrogen-bond donors (Lipinski definition) is 2. The van der Waals surface area contributed by atoms with Crippen molar-refractivity contribution in [3.63, 3.8) is 0 Å². The third-order valence-electron chi connectivity index (χ3n) is 5.43. The van der Waals surface area contributed by atoms with E-state index in [2.05, 4.69) is 40.5 Å². The molecule has 156 valence electrons. The lowest BCUT2D eigenvalue weighted by Gasteiger charge is -2.30. The Morgan fingerprint density at radius 1 is 1.23 bits per heavy atom. The predicted octanol–water partition coefficient (Wildman–Crippen LogP) is 3.81. The van der Waals surface area contributed by atoms with Crippen LogP contribution in [0, 0.1) is 11.3 Å². The molecule has 0 unspecified atom stereocenters. The molecule has 4 heterocycles. The summed E-state index contributed by atoms with van der Waals surface area (Å²) < 4.78 is 1.80. The molecule has 0 spiro atoms. The molecule has 31 heavy (non-hydrogen) atoms. The molecule has 0 saturated heterocycles. The molecule has 0 atom stereocenters. The smallest absolute Gasteiger partial charge is 0.151 e. The highest BCUT2D eigenvalue weighted by Crippen LogP contribution is 2.40. The number of nitrogens with zero attached hydrogens (tertiary/aromatic N) is 6. The van der Waals surface area contributed by atoms with Crippen LogP contribution in [-0.2, 0) is 0 Å². The molecule has 0 aromatic carbocycles. The van der Waals surface area contributed by atoms with Gasteiger partial charge in [-0.05, 0) is 51.0 Å². The second-order valence-electron chi connectivity index (χ2n) is 8.20. The first-order valence-corrected chi connectivity index (χ1v) is 11.1. The zero-order chi connectivity index (χ0) is 21.5. The fourth-order valence-corrected chi connectivity index (χ4v) is 4.82. The summed E-state index contributed by atoms with van der Waals surface area (Å²) >= 11 is 1.62. The molecule has 0 aliphatic heterocycles. The minimum Gasteiger partial charge on any atom is -0.382 e. The lowest BCUT2D eigenvalue weighted by molar-refractivity contribution is 0.349. The van der Waals surface area contributed by atoms with Crippen LogP contribution in [0.5, 0.6) is 0 Å². The molecule has 9 heteroatoms. The van der Waals surface area contributed by atoms with Crippen molar-refractivity contribution < 1.29 is 0 Å². The van der Waals surface area contributed by atoms with E-state index in [1.807, 2.05) is 30.5 Å². The van der Waals surface area contributed by atoms with Gasteiger partial charge >= 0.3 is 0 Å². The van der Waals surface area contributed by atoms with Crippen LogP contribution in [0.25, 0.3) is 27.5 Å². The maximum Gasteiger partial charge on any atom is 0.151 e. The van der Waals surface area contributed by atoms with Gasteiger partial charge < -0.3 is 11.1 Å². The van der Waals surface area contributed by atoms with Crippen molar-refractivity contribution in [1.82, 2.24) is 24.8 Å². The minimum atomic E-state index is 0.242. The average Bonchev–Trinajstić information content (AvgIpc) is 3.37. The van der Waals surface area contributed by atoms with Gasteiger partial charge in [0, 0.05) is 29.9 Å². The minimum absolute atomic E-state index is 0.242. The SMILES string of the molecule is CC(C)Nc1cc(-c2ccc3cc(C#N)cnn23)ncc1-c1nnc([C@H]2C[C@H](N)C2)s1. The Kier molecular flexibility index (Phi) is 4.88. The molecule has 5 rings (SSSR count). The quantitative estimate of drug-likeness (QED) is 0.494. The Bertz CT molecular complexity index is 1290. The van der Waals surface area contributed by atoms with Crippen molar-refractivity contribution in [2.45, 2.75) is 44.7 Å². The third kappa shape index (κ3) is 3.65. The molecular formula is C22H22N8S. The number of aromatic nitrogens is 5. The van der Waals surface area contributed by atoms with Gasteiger partial charge in [-0.1, -0.05) is 11.3 Å². The largest absolute Gasteiger partial charge is 0.382 e. The van der Waals surface area contributed by atoms with Crippen molar-refractivity contribution in [2.24, 2.45) is 5.73 Å². The summed E-state index contributed by atoms with van der Waals surface area (Å²) in [6.07, 6.45) is 5.36. The normalized spacial score (nSPS) is 18.2. The fourth-order valence-electron chi connectivity index (χ4n) is 3.82. The molecule has 8 nitrogen and oxygen atoms in total. The average molecular weight is 431 g/mol. The molecule has 1 saturated carbocycles. The number of nitrogens with one attached hydrogen (secondary N) is 1. The lowest BCUT2D eigenvalue weighted by atomic mass is 9.81. The van der Waals surface area contributed by atoms with Crippen molar-refractivity contribution in [3.8, 4) is 28.0 Å². The summed E-state index contributed by atoms with van der Waals surface area (Å²) in [5.74, 6) is 0.423. The van der Waals surface area contributed by atoms with Gasteiger partial charge in [0.25, 0.3) is 0 Å². The van der Waals surface area contributed by atoms with Crippen LogP contribution >= 0.6 is 11.3 Å². The monoisotopic (exact) mass is 430 g/mol. The number of fused-ring (bicyclic) bond motifs is 1. The number of nitrogens with two attached hydrogens (primary N) is 1. The first-order valence-electron chi connectivity index (χ1n) is 10.3. The third-order valence-corrected chi connectivity index (χ3v) is 6.55. The summed E-state index contributed by atoms with van der Waals surface area (Å²) in [6, 6.07) is 10.4. The zero-order valence-corrected chi connectivity index (χ0v) is 18.1. The molecule has 1 aliphatic rings. The van der Waals surface area contributed by atoms with Crippen molar-refractivity contribution in [3.05, 3.63) is 47.2 Å². The fraction of sp³-hybridized carbons (Fsp3) is 0.318. The molecule has 4 aromatic rings. The van der Waals surface area contributed by atoms with E-state index in [-0.39, 0.29) is 12.1 Å². The van der Waals surface area contributed by atoms with Crippen LogP contribution < -0.4 is 11.1 Å². The van der Waals surface area contributed by atoms with Crippen molar-refractivity contribution in [1.29, 1.82) is 5.26 Å². The van der Waals surface area contributed by atoms with E-state index in [0.717, 1.165) is 51.0 Å². The Hall–Kier alpha value is -3.35. The maximum absolute atomic E-state index is 9.11. The van der Waals surface area contributed by atoms with Crippen LogP contribution in [0.3, 0.4) is 0 Å². The topological polar surface area (TPSA) is 118 Å². The van der Waals surface area contributed by atoms with Crippen LogP contribution in [0.1, 0.15) is 43.2 Å². The molecule has 3 N–H and O–H groups in total. The first kappa shape index (κ1) is 19.6. The van der Waals surface area contributed by atoms with Gasteiger partial charge in [-0.15, -0.1) is 10.2 Å². The summed E-state index contributed by atoms with van der Waals surface area (Å²) in [4.78, 5) is 4.71. The first-order chi connectivity index (χ1) is 15.0. The van der Waals surface area contributed by atoms with E-state index in [9.17, 15) is 0 Å². The van der Waals surface area contributed by atoms with Gasteiger partial charge in [-0.25, -0.2) is 4.52 Å². The van der Waals surface area contributed by atoms with E-state index in [1.54, 1.807) is 22.0 Å². The van der Waals surface area contributed by atoms with E-state index in [0.29, 0.717) is 11.5 Å². The number of hydrogen-bond acceptors (Lipinski definition) is 8. The number of rotatable bonds is 5. The molecule has 1 aliphatic carbocycles. The summed E-state index contributed by atoms with van der Waals surface area (Å²) in [6.45, 7) is 4.20. The van der Waals surface area contributed by atoms with Crippen LogP contribution in [0.4, 0.5) is 5.69 Å². The summed E-state index contributed by atoms with van der Waals surface area (Å²) in [5.41, 5.74) is 10.9. The van der Waals surface area contributed by atoms with Gasteiger partial charge in [0.2, 0.25) is 0 Å². The van der Waals surface area contributed by atoms with E-state index in [1.165, 1.54) is 0 Å². The molecule has 0 bridgehead atoms. The molecule has 1 fully saturated rings. The Morgan fingerprint density at radius 3 is 2.81 bits per heavy atom. The lowest BCUT2D eigenvalue weighted by Crippen LogP contribution is -2.34. The van der Waals surface area contributed by atoms with Crippen LogP contribution in [-0.4, -0.2) is 36.9 Å². The van der Waals surface area contributed by atoms with Gasteiger partial charge in [-0.3, -0.25) is 4.98 Å². The van der Waals surface area contributed by atoms with Crippen molar-refractivity contribution in [2.75, 3.05) is 5.32 Å². The highest BCUT2D eigenvalue weighted by atomic mass is 32.1. The zero-order valence-electron chi connectivity index (χ0n) is 17.3. The Morgan fingerprint density at radius 2 is 2.06 bits per heavy atom. The number of anilines is 1. The van der Waals surface area contributed by atoms with Gasteiger partial charge in [0.1, 0.15) is 11.1 Å². The molecule has 4 aromatic heterocycles. The van der Waals surface area contributed by atoms with E-state index in [4.69, 9.17) is 16.0 Å². The van der Waals surface area contributed by atoms with E-state index < -0.39 is 0 Å². The maximum atomic E-state index is 9.11. The number of pyridine rings is 1. The van der Waals surface area contributed by atoms with Crippen molar-refractivity contribution >= 4 is 22.5 Å². The van der Waals surface area contributed by atoms with Gasteiger partial charge in [-0.2, -0.15) is 10.4 Å². The standard InChI is InChI=1S/C22H22N8S/c1-12(2)27-18-8-19(20-4-3-16-5-13(9-23)10-26-30(16)20)25-11-17(18)22-29-28-21(31-22)14-6-15(24)7-14/h3-5,8,10-12,14-15H,6-7,24H2,1-2H3,(H,25,27)/t14-,15-. The van der Waals surface area contributed by atoms with Gasteiger partial charge in [0.15, 0.2) is 5.01 Å². The molecule has 0 radical (unpaired) electrons. The Labute approximate surface area is 183 Å². The van der Waals surface area contributed by atoms with Crippen LogP contribution in [0.15, 0.2) is 36.7 Å². The van der Waals surface area contributed by atoms with E-state index >= 15 is 0 Å². The molecular weight excluding hydrogens is 408 g/mol. The second kappa shape index (κ2) is 7.72. The predicted molar refractivity (Wildman–Crippen MR) is 121 cm³/mol. The van der Waals surface area contributed by atoms with Gasteiger partial charge in [0.05, 0.1) is 34.2 Å². The molecule has 0 amide bonds. The van der Waals surface area contributed by atoms with Crippen LogP contribution in [0.2, 0.25) is 0 Å².